The maximum atomic E-state index is 12.9. The van der Waals surface area contributed by atoms with Crippen LogP contribution in [0.4, 0.5) is 0 Å². The predicted molar refractivity (Wildman–Crippen MR) is 139 cm³/mol. The topological polar surface area (TPSA) is 76.5 Å². The van der Waals surface area contributed by atoms with Crippen molar-refractivity contribution in [3.05, 3.63) is 102 Å². The van der Waals surface area contributed by atoms with E-state index in [-0.39, 0.29) is 5.82 Å². The second-order valence-corrected chi connectivity index (χ2v) is 8.02. The van der Waals surface area contributed by atoms with Gasteiger partial charge in [-0.15, -0.1) is 0 Å². The van der Waals surface area contributed by atoms with Crippen molar-refractivity contribution in [3.8, 4) is 28.3 Å². The molecule has 0 atom stereocenters. The van der Waals surface area contributed by atoms with Gasteiger partial charge in [0.05, 0.1) is 24.2 Å². The molecule has 1 amide bonds. The standard InChI is InChI=1S/C29H28N4O2/c1-2-3-10-19-35-25-17-15-22(16-18-25)21-30-33-29(34)28-31-26(23-11-6-4-7-12-23)20-27(32-28)24-13-8-5-9-14-24/h4-9,11-18,20-21H,2-3,10,19H2,1H3,(H,33,34). The number of nitrogens with zero attached hydrogens (tertiary/aromatic N) is 3. The summed E-state index contributed by atoms with van der Waals surface area (Å²) in [5.41, 5.74) is 6.53. The Bertz CT molecular complexity index is 1200. The van der Waals surface area contributed by atoms with Gasteiger partial charge in [0, 0.05) is 11.1 Å². The Labute approximate surface area is 205 Å². The van der Waals surface area contributed by atoms with Crippen molar-refractivity contribution in [3.63, 3.8) is 0 Å². The molecule has 4 aromatic rings. The number of carbonyl (C=O) groups is 1. The number of nitrogens with one attached hydrogen (secondary N) is 1. The maximum absolute atomic E-state index is 12.9. The van der Waals surface area contributed by atoms with Crippen LogP contribution in [0.3, 0.4) is 0 Å². The minimum atomic E-state index is -0.480. The fourth-order valence-corrected chi connectivity index (χ4v) is 3.47. The largest absolute Gasteiger partial charge is 0.494 e. The van der Waals surface area contributed by atoms with Crippen molar-refractivity contribution in [1.29, 1.82) is 0 Å². The second-order valence-electron chi connectivity index (χ2n) is 8.02. The van der Waals surface area contributed by atoms with Gasteiger partial charge in [-0.2, -0.15) is 5.10 Å². The Hall–Kier alpha value is -4.32. The number of hydrazone groups is 1. The predicted octanol–water partition coefficient (Wildman–Crippen LogP) is 6.14. The molecule has 0 spiro atoms. The smallest absolute Gasteiger partial charge is 0.309 e. The molecular formula is C29H28N4O2. The van der Waals surface area contributed by atoms with Crippen molar-refractivity contribution in [2.24, 2.45) is 5.10 Å². The molecule has 0 aliphatic rings. The molecule has 1 aromatic heterocycles. The highest BCUT2D eigenvalue weighted by Crippen LogP contribution is 2.23. The van der Waals surface area contributed by atoms with Crippen molar-refractivity contribution in [2.75, 3.05) is 6.61 Å². The Kier molecular flexibility index (Phi) is 8.32. The minimum Gasteiger partial charge on any atom is -0.494 e. The number of carbonyl (C=O) groups excluding carboxylic acids is 1. The van der Waals surface area contributed by atoms with Gasteiger partial charge in [0.2, 0.25) is 5.82 Å². The zero-order valence-electron chi connectivity index (χ0n) is 19.7. The minimum absolute atomic E-state index is 0.0539. The van der Waals surface area contributed by atoms with Gasteiger partial charge in [0.1, 0.15) is 5.75 Å². The molecule has 35 heavy (non-hydrogen) atoms. The first kappa shape index (κ1) is 23.8. The van der Waals surface area contributed by atoms with Crippen LogP contribution >= 0.6 is 0 Å². The zero-order valence-corrected chi connectivity index (χ0v) is 19.7. The van der Waals surface area contributed by atoms with E-state index in [1.807, 2.05) is 91.0 Å². The first-order chi connectivity index (χ1) is 17.2. The molecule has 1 heterocycles. The Morgan fingerprint density at radius 2 is 1.46 bits per heavy atom. The fourth-order valence-electron chi connectivity index (χ4n) is 3.47. The highest BCUT2D eigenvalue weighted by atomic mass is 16.5. The van der Waals surface area contributed by atoms with Crippen molar-refractivity contribution < 1.29 is 9.53 Å². The van der Waals surface area contributed by atoms with Crippen LogP contribution in [0.15, 0.2) is 96.1 Å². The molecule has 0 unspecified atom stereocenters. The lowest BCUT2D eigenvalue weighted by molar-refractivity contribution is 0.0945. The number of hydrogen-bond donors (Lipinski definition) is 1. The van der Waals surface area contributed by atoms with E-state index in [0.717, 1.165) is 35.3 Å². The third-order valence-electron chi connectivity index (χ3n) is 5.34. The van der Waals surface area contributed by atoms with Gasteiger partial charge in [-0.05, 0) is 42.3 Å². The summed E-state index contributed by atoms with van der Waals surface area (Å²) in [6.07, 6.45) is 4.96. The lowest BCUT2D eigenvalue weighted by atomic mass is 10.1. The molecule has 1 N–H and O–H groups in total. The molecule has 0 aliphatic carbocycles. The Balaban J connectivity index is 1.47. The van der Waals surface area contributed by atoms with Crippen LogP contribution in [0.25, 0.3) is 22.5 Å². The number of ether oxygens (including phenoxy) is 1. The van der Waals surface area contributed by atoms with E-state index in [1.54, 1.807) is 6.21 Å². The summed E-state index contributed by atoms with van der Waals surface area (Å²) >= 11 is 0. The van der Waals surface area contributed by atoms with Gasteiger partial charge in [-0.1, -0.05) is 80.4 Å². The molecule has 6 nitrogen and oxygen atoms in total. The van der Waals surface area contributed by atoms with E-state index in [9.17, 15) is 4.79 Å². The molecule has 4 rings (SSSR count). The van der Waals surface area contributed by atoms with Crippen LogP contribution in [-0.4, -0.2) is 28.7 Å². The summed E-state index contributed by atoms with van der Waals surface area (Å²) < 4.78 is 5.73. The third kappa shape index (κ3) is 6.84. The van der Waals surface area contributed by atoms with E-state index in [4.69, 9.17) is 4.74 Å². The lowest BCUT2D eigenvalue weighted by Gasteiger charge is -2.08. The van der Waals surface area contributed by atoms with E-state index >= 15 is 0 Å². The Morgan fingerprint density at radius 1 is 0.857 bits per heavy atom. The molecule has 0 aliphatic heterocycles. The van der Waals surface area contributed by atoms with E-state index < -0.39 is 5.91 Å². The number of hydrogen-bond acceptors (Lipinski definition) is 5. The van der Waals surface area contributed by atoms with Crippen LogP contribution in [0, 0.1) is 0 Å². The van der Waals surface area contributed by atoms with Gasteiger partial charge >= 0.3 is 5.91 Å². The average molecular weight is 465 g/mol. The van der Waals surface area contributed by atoms with Crippen LogP contribution < -0.4 is 10.2 Å². The first-order valence-corrected chi connectivity index (χ1v) is 11.8. The van der Waals surface area contributed by atoms with Crippen molar-refractivity contribution in [2.45, 2.75) is 26.2 Å². The molecular weight excluding hydrogens is 436 g/mol. The SMILES string of the molecule is CCCCCOc1ccc(C=NNC(=O)c2nc(-c3ccccc3)cc(-c3ccccc3)n2)cc1. The van der Waals surface area contributed by atoms with Crippen LogP contribution in [0.5, 0.6) is 5.75 Å². The lowest BCUT2D eigenvalue weighted by Crippen LogP contribution is -2.21. The summed E-state index contributed by atoms with van der Waals surface area (Å²) in [4.78, 5) is 21.8. The summed E-state index contributed by atoms with van der Waals surface area (Å²) in [6.45, 7) is 2.88. The summed E-state index contributed by atoms with van der Waals surface area (Å²) in [7, 11) is 0. The summed E-state index contributed by atoms with van der Waals surface area (Å²) in [5, 5.41) is 4.09. The zero-order chi connectivity index (χ0) is 24.3. The second kappa shape index (κ2) is 12.2. The number of unbranched alkanes of at least 4 members (excludes halogenated alkanes) is 2. The van der Waals surface area contributed by atoms with Gasteiger partial charge < -0.3 is 4.74 Å². The molecule has 6 heteroatoms. The fraction of sp³-hybridized carbons (Fsp3) is 0.172. The number of benzene rings is 3. The summed E-state index contributed by atoms with van der Waals surface area (Å²) in [6, 6.07) is 28.9. The van der Waals surface area contributed by atoms with E-state index in [0.29, 0.717) is 18.0 Å². The van der Waals surface area contributed by atoms with Gasteiger partial charge in [-0.3, -0.25) is 4.79 Å². The van der Waals surface area contributed by atoms with Crippen LogP contribution in [-0.2, 0) is 0 Å². The first-order valence-electron chi connectivity index (χ1n) is 11.8. The normalized spacial score (nSPS) is 10.9. The number of amides is 1. The summed E-state index contributed by atoms with van der Waals surface area (Å²) in [5.74, 6) is 0.395. The molecule has 0 saturated heterocycles. The molecule has 0 bridgehead atoms. The van der Waals surface area contributed by atoms with E-state index in [1.165, 1.54) is 6.42 Å². The molecule has 0 radical (unpaired) electrons. The van der Waals surface area contributed by atoms with Crippen LogP contribution in [0.2, 0.25) is 0 Å². The number of aromatic nitrogens is 2. The molecule has 0 saturated carbocycles. The van der Waals surface area contributed by atoms with E-state index in [2.05, 4.69) is 27.4 Å². The van der Waals surface area contributed by atoms with Gasteiger partial charge in [-0.25, -0.2) is 15.4 Å². The van der Waals surface area contributed by atoms with Gasteiger partial charge in [0.15, 0.2) is 0 Å². The monoisotopic (exact) mass is 464 g/mol. The molecule has 176 valence electrons. The van der Waals surface area contributed by atoms with Crippen molar-refractivity contribution in [1.82, 2.24) is 15.4 Å². The number of rotatable bonds is 10. The Morgan fingerprint density at radius 3 is 2.03 bits per heavy atom. The molecule has 3 aromatic carbocycles. The highest BCUT2D eigenvalue weighted by Gasteiger charge is 2.14. The highest BCUT2D eigenvalue weighted by molar-refractivity contribution is 5.92. The third-order valence-corrected chi connectivity index (χ3v) is 5.34. The van der Waals surface area contributed by atoms with Crippen LogP contribution in [0.1, 0.15) is 42.4 Å². The van der Waals surface area contributed by atoms with Crippen molar-refractivity contribution >= 4 is 12.1 Å². The quantitative estimate of drug-likeness (QED) is 0.174. The van der Waals surface area contributed by atoms with Gasteiger partial charge in [0.25, 0.3) is 0 Å². The average Bonchev–Trinajstić information content (AvgIpc) is 2.92. The maximum Gasteiger partial charge on any atom is 0.309 e. The molecule has 0 fully saturated rings.